The molecule has 0 amide bonds. The molecule has 6 heteroatoms. The molecule has 0 unspecified atom stereocenters. The molecule has 0 saturated carbocycles. The van der Waals surface area contributed by atoms with Crippen molar-refractivity contribution in [2.24, 2.45) is 0 Å². The lowest BCUT2D eigenvalue weighted by Crippen LogP contribution is -2.19. The molecule has 0 aliphatic carbocycles. The van der Waals surface area contributed by atoms with E-state index >= 15 is 0 Å². The van der Waals surface area contributed by atoms with Crippen LogP contribution >= 0.6 is 31.9 Å². The number of rotatable bonds is 2. The van der Waals surface area contributed by atoms with Crippen molar-refractivity contribution in [2.45, 2.75) is 20.8 Å². The van der Waals surface area contributed by atoms with Crippen LogP contribution in [0.2, 0.25) is 0 Å². The zero-order valence-electron chi connectivity index (χ0n) is 13.8. The normalized spacial score (nSPS) is 10.9. The zero-order valence-corrected chi connectivity index (χ0v) is 16.9. The van der Waals surface area contributed by atoms with E-state index in [2.05, 4.69) is 31.9 Å². The van der Waals surface area contributed by atoms with E-state index in [1.165, 1.54) is 6.07 Å². The molecule has 0 N–H and O–H groups in total. The average molecular weight is 466 g/mol. The van der Waals surface area contributed by atoms with Crippen LogP contribution in [0.5, 0.6) is 5.75 Å². The van der Waals surface area contributed by atoms with Crippen molar-refractivity contribution in [1.29, 1.82) is 0 Å². The van der Waals surface area contributed by atoms with Crippen molar-refractivity contribution in [3.05, 3.63) is 72.0 Å². The summed E-state index contributed by atoms with van der Waals surface area (Å²) in [7, 11) is 0. The van der Waals surface area contributed by atoms with Gasteiger partial charge in [-0.15, -0.1) is 0 Å². The summed E-state index contributed by atoms with van der Waals surface area (Å²) in [5.74, 6) is -0.271. The van der Waals surface area contributed by atoms with Crippen molar-refractivity contribution < 1.29 is 13.9 Å². The van der Waals surface area contributed by atoms with Crippen molar-refractivity contribution >= 4 is 48.8 Å². The number of hydrogen-bond donors (Lipinski definition) is 0. The Balaban J connectivity index is 2.06. The lowest BCUT2D eigenvalue weighted by Gasteiger charge is -2.11. The molecular formula is C19H14Br2O4. The quantitative estimate of drug-likeness (QED) is 0.286. The Morgan fingerprint density at radius 3 is 2.28 bits per heavy atom. The topological polar surface area (TPSA) is 56.5 Å². The highest BCUT2D eigenvalue weighted by molar-refractivity contribution is 9.11. The van der Waals surface area contributed by atoms with Gasteiger partial charge in [0.2, 0.25) is 0 Å². The number of ether oxygens (including phenoxy) is 1. The summed E-state index contributed by atoms with van der Waals surface area (Å²) in [6, 6.07) is 8.86. The minimum atomic E-state index is -0.734. The fourth-order valence-corrected chi connectivity index (χ4v) is 4.11. The third-order valence-corrected chi connectivity index (χ3v) is 4.82. The summed E-state index contributed by atoms with van der Waals surface area (Å²) in [5.41, 5.74) is 2.25. The average Bonchev–Trinajstić information content (AvgIpc) is 2.50. The van der Waals surface area contributed by atoms with E-state index in [0.717, 1.165) is 21.2 Å². The van der Waals surface area contributed by atoms with Gasteiger partial charge in [-0.1, -0.05) is 33.6 Å². The van der Waals surface area contributed by atoms with Gasteiger partial charge in [0.05, 0.1) is 4.47 Å². The van der Waals surface area contributed by atoms with Gasteiger partial charge >= 0.3 is 11.6 Å². The maximum absolute atomic E-state index is 12.5. The Kier molecular flexibility index (Phi) is 4.84. The first-order valence-electron chi connectivity index (χ1n) is 7.49. The summed E-state index contributed by atoms with van der Waals surface area (Å²) in [4.78, 5) is 24.8. The van der Waals surface area contributed by atoms with E-state index in [1.54, 1.807) is 12.1 Å². The molecule has 1 heterocycles. The Morgan fingerprint density at radius 1 is 1.00 bits per heavy atom. The summed E-state index contributed by atoms with van der Waals surface area (Å²) >= 11 is 6.72. The number of esters is 1. The van der Waals surface area contributed by atoms with Crippen molar-refractivity contribution in [1.82, 2.24) is 0 Å². The molecule has 0 bridgehead atoms. The van der Waals surface area contributed by atoms with E-state index in [0.29, 0.717) is 21.2 Å². The zero-order chi connectivity index (χ0) is 18.3. The summed E-state index contributed by atoms with van der Waals surface area (Å²) in [6.07, 6.45) is 0. The van der Waals surface area contributed by atoms with Gasteiger partial charge in [0.25, 0.3) is 0 Å². The number of benzene rings is 2. The molecule has 3 aromatic rings. The van der Waals surface area contributed by atoms with E-state index < -0.39 is 11.6 Å². The van der Waals surface area contributed by atoms with Crippen LogP contribution in [0, 0.1) is 20.8 Å². The van der Waals surface area contributed by atoms with Gasteiger partial charge in [0.1, 0.15) is 11.3 Å². The molecule has 4 nitrogen and oxygen atoms in total. The number of aryl methyl sites for hydroxylation is 3. The first-order chi connectivity index (χ1) is 11.8. The fourth-order valence-electron chi connectivity index (χ4n) is 2.77. The van der Waals surface area contributed by atoms with Gasteiger partial charge in [-0.3, -0.25) is 0 Å². The SMILES string of the molecule is Cc1cc(C)c(OC(=O)c2cc3cc(Br)cc(Br)c3oc2=O)c(C)c1. The smallest absolute Gasteiger partial charge is 0.351 e. The molecule has 2 aromatic carbocycles. The lowest BCUT2D eigenvalue weighted by molar-refractivity contribution is 0.0728. The minimum absolute atomic E-state index is 0.142. The molecular weight excluding hydrogens is 452 g/mol. The summed E-state index contributed by atoms with van der Waals surface area (Å²) < 4.78 is 12.2. The molecule has 0 fully saturated rings. The number of hydrogen-bond acceptors (Lipinski definition) is 4. The summed E-state index contributed by atoms with van der Waals surface area (Å²) in [5, 5.41) is 0.616. The molecule has 25 heavy (non-hydrogen) atoms. The van der Waals surface area contributed by atoms with Crippen LogP contribution in [-0.2, 0) is 0 Å². The van der Waals surface area contributed by atoms with Gasteiger partial charge in [0.15, 0.2) is 5.58 Å². The Bertz CT molecular complexity index is 1040. The third kappa shape index (κ3) is 3.55. The maximum atomic E-state index is 12.5. The molecule has 1 aromatic heterocycles. The Labute approximate surface area is 161 Å². The van der Waals surface area contributed by atoms with Gasteiger partial charge in [-0.05, 0) is 66.0 Å². The number of carbonyl (C=O) groups is 1. The van der Waals surface area contributed by atoms with Crippen molar-refractivity contribution in [2.75, 3.05) is 0 Å². The standard InChI is InChI=1S/C19H14Br2O4/c1-9-4-10(2)16(11(3)5-9)24-18(22)14-7-12-6-13(20)8-15(21)17(12)25-19(14)23/h4-8H,1-3H3. The molecule has 0 radical (unpaired) electrons. The number of halogens is 2. The monoisotopic (exact) mass is 464 g/mol. The number of carbonyl (C=O) groups excluding carboxylic acids is 1. The van der Waals surface area contributed by atoms with E-state index in [1.807, 2.05) is 32.9 Å². The van der Waals surface area contributed by atoms with Crippen LogP contribution < -0.4 is 10.4 Å². The van der Waals surface area contributed by atoms with Gasteiger partial charge < -0.3 is 9.15 Å². The largest absolute Gasteiger partial charge is 0.422 e. The molecule has 3 rings (SSSR count). The fraction of sp³-hybridized carbons (Fsp3) is 0.158. The number of fused-ring (bicyclic) bond motifs is 1. The second-order valence-corrected chi connectivity index (χ2v) is 7.64. The molecule has 0 aliphatic heterocycles. The molecule has 0 saturated heterocycles. The van der Waals surface area contributed by atoms with E-state index in [-0.39, 0.29) is 5.56 Å². The highest BCUT2D eigenvalue weighted by Crippen LogP contribution is 2.29. The second-order valence-electron chi connectivity index (χ2n) is 5.87. The highest BCUT2D eigenvalue weighted by Gasteiger charge is 2.19. The van der Waals surface area contributed by atoms with Crippen molar-refractivity contribution in [3.63, 3.8) is 0 Å². The van der Waals surface area contributed by atoms with Gasteiger partial charge in [-0.2, -0.15) is 0 Å². The van der Waals surface area contributed by atoms with Crippen LogP contribution in [0.25, 0.3) is 11.0 Å². The molecule has 0 aliphatic rings. The van der Waals surface area contributed by atoms with Crippen LogP contribution in [0.4, 0.5) is 0 Å². The molecule has 128 valence electrons. The van der Waals surface area contributed by atoms with Gasteiger partial charge in [0, 0.05) is 9.86 Å². The minimum Gasteiger partial charge on any atom is -0.422 e. The lowest BCUT2D eigenvalue weighted by atomic mass is 10.1. The maximum Gasteiger partial charge on any atom is 0.351 e. The van der Waals surface area contributed by atoms with E-state index in [9.17, 15) is 9.59 Å². The van der Waals surface area contributed by atoms with Gasteiger partial charge in [-0.25, -0.2) is 9.59 Å². The first kappa shape index (κ1) is 17.9. The van der Waals surface area contributed by atoms with Crippen LogP contribution in [0.3, 0.4) is 0 Å². The predicted molar refractivity (Wildman–Crippen MR) is 103 cm³/mol. The molecule has 0 spiro atoms. The highest BCUT2D eigenvalue weighted by atomic mass is 79.9. The summed E-state index contributed by atoms with van der Waals surface area (Å²) in [6.45, 7) is 5.69. The third-order valence-electron chi connectivity index (χ3n) is 3.77. The van der Waals surface area contributed by atoms with Crippen LogP contribution in [-0.4, -0.2) is 5.97 Å². The predicted octanol–water partition coefficient (Wildman–Crippen LogP) is 5.46. The first-order valence-corrected chi connectivity index (χ1v) is 9.08. The Morgan fingerprint density at radius 2 is 1.64 bits per heavy atom. The Hall–Kier alpha value is -1.92. The van der Waals surface area contributed by atoms with E-state index in [4.69, 9.17) is 9.15 Å². The van der Waals surface area contributed by atoms with Crippen LogP contribution in [0.15, 0.2) is 48.5 Å². The molecule has 0 atom stereocenters. The van der Waals surface area contributed by atoms with Crippen LogP contribution in [0.1, 0.15) is 27.0 Å². The second kappa shape index (κ2) is 6.77. The van der Waals surface area contributed by atoms with Crippen molar-refractivity contribution in [3.8, 4) is 5.75 Å².